The van der Waals surface area contributed by atoms with Gasteiger partial charge in [0.05, 0.1) is 5.52 Å². The summed E-state index contributed by atoms with van der Waals surface area (Å²) in [5.74, 6) is -1.44. The van der Waals surface area contributed by atoms with E-state index in [1.807, 2.05) is 29.7 Å². The van der Waals surface area contributed by atoms with E-state index < -0.39 is 17.8 Å². The average Bonchev–Trinajstić information content (AvgIpc) is 3.14. The topological polar surface area (TPSA) is 101 Å². The van der Waals surface area contributed by atoms with E-state index in [1.165, 1.54) is 20.2 Å². The first-order chi connectivity index (χ1) is 15.3. The summed E-state index contributed by atoms with van der Waals surface area (Å²) >= 11 is 0. The van der Waals surface area contributed by atoms with Crippen molar-refractivity contribution in [3.8, 4) is 0 Å². The fourth-order valence-corrected chi connectivity index (χ4v) is 3.78. The van der Waals surface area contributed by atoms with Gasteiger partial charge in [-0.25, -0.2) is 4.79 Å². The Balaban J connectivity index is 2.01. The van der Waals surface area contributed by atoms with E-state index in [4.69, 9.17) is 4.74 Å². The molecule has 32 heavy (non-hydrogen) atoms. The van der Waals surface area contributed by atoms with Gasteiger partial charge in [0.25, 0.3) is 11.8 Å². The number of para-hydroxylation sites is 1. The quantitative estimate of drug-likeness (QED) is 0.383. The van der Waals surface area contributed by atoms with Crippen LogP contribution in [0.15, 0.2) is 30.0 Å². The van der Waals surface area contributed by atoms with E-state index in [0.717, 1.165) is 39.1 Å². The summed E-state index contributed by atoms with van der Waals surface area (Å²) in [5.41, 5.74) is 2.46. The number of benzene rings is 1. The Morgan fingerprint density at radius 2 is 1.81 bits per heavy atom. The molecule has 0 aliphatic carbocycles. The number of aryl methyl sites for hydroxylation is 1. The summed E-state index contributed by atoms with van der Waals surface area (Å²) in [4.78, 5) is 51.6. The van der Waals surface area contributed by atoms with Crippen molar-refractivity contribution in [1.29, 1.82) is 0 Å². The van der Waals surface area contributed by atoms with Gasteiger partial charge in [-0.2, -0.15) is 0 Å². The van der Waals surface area contributed by atoms with Crippen LogP contribution in [0.2, 0.25) is 0 Å². The molecule has 1 aliphatic rings. The molecule has 1 aromatic heterocycles. The number of hydrogen-bond acceptors (Lipinski definition) is 5. The zero-order valence-electron chi connectivity index (χ0n) is 18.8. The SMILES string of the molecule is CCc1cccc2c(C=C3C(=O)N(C)C(=O)N(C)C3=O)cn(CC(=O)NCCCOC)c12. The molecule has 0 atom stereocenters. The number of barbiturate groups is 1. The maximum absolute atomic E-state index is 12.6. The third kappa shape index (κ3) is 4.43. The Morgan fingerprint density at radius 1 is 1.12 bits per heavy atom. The average molecular weight is 441 g/mol. The summed E-state index contributed by atoms with van der Waals surface area (Å²) < 4.78 is 6.83. The summed E-state index contributed by atoms with van der Waals surface area (Å²) in [7, 11) is 4.30. The molecular formula is C23H28N4O5. The number of ether oxygens (including phenoxy) is 1. The van der Waals surface area contributed by atoms with Gasteiger partial charge in [0, 0.05) is 51.5 Å². The first-order valence-corrected chi connectivity index (χ1v) is 10.5. The van der Waals surface area contributed by atoms with Crippen molar-refractivity contribution < 1.29 is 23.9 Å². The number of carbonyl (C=O) groups excluding carboxylic acids is 4. The molecule has 170 valence electrons. The molecule has 1 N–H and O–H groups in total. The number of rotatable bonds is 8. The molecule has 0 unspecified atom stereocenters. The Morgan fingerprint density at radius 3 is 2.44 bits per heavy atom. The summed E-state index contributed by atoms with van der Waals surface area (Å²) in [5, 5.41) is 3.70. The second-order valence-electron chi connectivity index (χ2n) is 7.64. The highest BCUT2D eigenvalue weighted by Gasteiger charge is 2.38. The Labute approximate surface area is 186 Å². The molecule has 0 radical (unpaired) electrons. The molecule has 0 spiro atoms. The fourth-order valence-electron chi connectivity index (χ4n) is 3.78. The summed E-state index contributed by atoms with van der Waals surface area (Å²) in [6.45, 7) is 3.21. The molecule has 0 saturated carbocycles. The number of nitrogens with one attached hydrogen (secondary N) is 1. The molecule has 2 aromatic rings. The molecule has 0 bridgehead atoms. The number of imide groups is 2. The minimum Gasteiger partial charge on any atom is -0.385 e. The normalized spacial score (nSPS) is 14.5. The second kappa shape index (κ2) is 9.78. The lowest BCUT2D eigenvalue weighted by Gasteiger charge is -2.28. The summed E-state index contributed by atoms with van der Waals surface area (Å²) in [6.07, 6.45) is 4.74. The van der Waals surface area contributed by atoms with Gasteiger partial charge in [0.1, 0.15) is 12.1 Å². The van der Waals surface area contributed by atoms with E-state index >= 15 is 0 Å². The van der Waals surface area contributed by atoms with Crippen molar-refractivity contribution in [2.45, 2.75) is 26.3 Å². The van der Waals surface area contributed by atoms with E-state index in [0.29, 0.717) is 18.7 Å². The van der Waals surface area contributed by atoms with Gasteiger partial charge < -0.3 is 14.6 Å². The highest BCUT2D eigenvalue weighted by molar-refractivity contribution is 6.31. The number of fused-ring (bicyclic) bond motifs is 1. The van der Waals surface area contributed by atoms with Crippen LogP contribution in [0.4, 0.5) is 4.79 Å². The lowest BCUT2D eigenvalue weighted by molar-refractivity contribution is -0.134. The zero-order valence-corrected chi connectivity index (χ0v) is 18.8. The monoisotopic (exact) mass is 440 g/mol. The number of nitrogens with zero attached hydrogens (tertiary/aromatic N) is 3. The maximum Gasteiger partial charge on any atom is 0.333 e. The number of hydrogen-bond donors (Lipinski definition) is 1. The summed E-state index contributed by atoms with van der Waals surface area (Å²) in [6, 6.07) is 5.12. The molecular weight excluding hydrogens is 412 g/mol. The van der Waals surface area contributed by atoms with Crippen molar-refractivity contribution >= 4 is 40.7 Å². The van der Waals surface area contributed by atoms with Crippen molar-refractivity contribution in [2.24, 2.45) is 0 Å². The molecule has 9 heteroatoms. The van der Waals surface area contributed by atoms with Crippen molar-refractivity contribution in [3.05, 3.63) is 41.1 Å². The molecule has 5 amide bonds. The Bertz CT molecular complexity index is 1080. The van der Waals surface area contributed by atoms with Crippen LogP contribution in [-0.4, -0.2) is 72.5 Å². The third-order valence-electron chi connectivity index (χ3n) is 5.50. The van der Waals surface area contributed by atoms with Crippen molar-refractivity contribution in [2.75, 3.05) is 34.4 Å². The second-order valence-corrected chi connectivity index (χ2v) is 7.64. The number of aromatic nitrogens is 1. The maximum atomic E-state index is 12.6. The van der Waals surface area contributed by atoms with Gasteiger partial charge in [0.15, 0.2) is 0 Å². The molecule has 3 rings (SSSR count). The van der Waals surface area contributed by atoms with E-state index in [2.05, 4.69) is 5.32 Å². The number of carbonyl (C=O) groups is 4. The smallest absolute Gasteiger partial charge is 0.333 e. The van der Waals surface area contributed by atoms with Gasteiger partial charge in [-0.05, 0) is 24.5 Å². The fraction of sp³-hybridized carbons (Fsp3) is 0.391. The van der Waals surface area contributed by atoms with Gasteiger partial charge in [-0.1, -0.05) is 25.1 Å². The molecule has 1 aromatic carbocycles. The van der Waals surface area contributed by atoms with Crippen LogP contribution in [0.3, 0.4) is 0 Å². The number of likely N-dealkylation sites (N-methyl/N-ethyl adjacent to an activating group) is 2. The van der Waals surface area contributed by atoms with E-state index in [9.17, 15) is 19.2 Å². The zero-order chi connectivity index (χ0) is 23.4. The lowest BCUT2D eigenvalue weighted by atomic mass is 10.0. The van der Waals surface area contributed by atoms with Crippen LogP contribution in [0.1, 0.15) is 24.5 Å². The molecule has 9 nitrogen and oxygen atoms in total. The largest absolute Gasteiger partial charge is 0.385 e. The Kier molecular flexibility index (Phi) is 7.09. The van der Waals surface area contributed by atoms with E-state index in [-0.39, 0.29) is 18.0 Å². The van der Waals surface area contributed by atoms with Crippen LogP contribution in [0.25, 0.3) is 17.0 Å². The van der Waals surface area contributed by atoms with E-state index in [1.54, 1.807) is 13.3 Å². The van der Waals surface area contributed by atoms with Gasteiger partial charge in [-0.15, -0.1) is 0 Å². The minimum absolute atomic E-state index is 0.0976. The lowest BCUT2D eigenvalue weighted by Crippen LogP contribution is -2.52. The van der Waals surface area contributed by atoms with Crippen LogP contribution < -0.4 is 5.32 Å². The molecule has 2 heterocycles. The highest BCUT2D eigenvalue weighted by Crippen LogP contribution is 2.28. The van der Waals surface area contributed by atoms with Crippen molar-refractivity contribution in [1.82, 2.24) is 19.7 Å². The highest BCUT2D eigenvalue weighted by atomic mass is 16.5. The predicted octanol–water partition coefficient (Wildman–Crippen LogP) is 1.79. The van der Waals surface area contributed by atoms with Gasteiger partial charge >= 0.3 is 6.03 Å². The molecule has 1 saturated heterocycles. The number of methoxy groups -OCH3 is 1. The number of amides is 5. The minimum atomic E-state index is -0.669. The van der Waals surface area contributed by atoms with Gasteiger partial charge in [0.2, 0.25) is 5.91 Å². The third-order valence-corrected chi connectivity index (χ3v) is 5.50. The number of urea groups is 1. The van der Waals surface area contributed by atoms with Crippen molar-refractivity contribution in [3.63, 3.8) is 0 Å². The molecule has 1 fully saturated rings. The Hall–Kier alpha value is -3.46. The van der Waals surface area contributed by atoms with Crippen LogP contribution >= 0.6 is 0 Å². The molecule has 1 aliphatic heterocycles. The van der Waals surface area contributed by atoms with Crippen LogP contribution in [0, 0.1) is 0 Å². The first kappa shape index (κ1) is 23.2. The van der Waals surface area contributed by atoms with Crippen LogP contribution in [0.5, 0.6) is 0 Å². The van der Waals surface area contributed by atoms with Gasteiger partial charge in [-0.3, -0.25) is 24.2 Å². The standard InChI is InChI=1S/C23H28N4O5/c1-5-15-8-6-9-17-16(12-18-21(29)25(2)23(31)26(3)22(18)30)13-27(20(15)17)14-19(28)24-10-7-11-32-4/h6,8-9,12-13H,5,7,10-11,14H2,1-4H3,(H,24,28). The predicted molar refractivity (Wildman–Crippen MR) is 120 cm³/mol. The first-order valence-electron chi connectivity index (χ1n) is 10.5. The van der Waals surface area contributed by atoms with Crippen LogP contribution in [-0.2, 0) is 32.1 Å².